The molecule has 0 amide bonds. The molecule has 1 atom stereocenters. The lowest BCUT2D eigenvalue weighted by molar-refractivity contribution is 1.05. The lowest BCUT2D eigenvalue weighted by Crippen LogP contribution is -2.22. The summed E-state index contributed by atoms with van der Waals surface area (Å²) in [6, 6.07) is 30.5. The molecule has 0 bridgehead atoms. The van der Waals surface area contributed by atoms with E-state index in [0.717, 1.165) is 22.3 Å². The predicted molar refractivity (Wildman–Crippen MR) is 126 cm³/mol. The highest BCUT2D eigenvalue weighted by Crippen LogP contribution is 2.32. The molecule has 0 fully saturated rings. The van der Waals surface area contributed by atoms with Crippen LogP contribution in [0.4, 0.5) is 0 Å². The lowest BCUT2D eigenvalue weighted by Gasteiger charge is -2.24. The van der Waals surface area contributed by atoms with Crippen molar-refractivity contribution in [3.8, 4) is 0 Å². The van der Waals surface area contributed by atoms with Crippen molar-refractivity contribution in [1.29, 1.82) is 10.8 Å². The molecule has 2 N–H and O–H groups in total. The van der Waals surface area contributed by atoms with Gasteiger partial charge < -0.3 is 5.41 Å². The van der Waals surface area contributed by atoms with E-state index in [0.29, 0.717) is 17.8 Å². The zero-order valence-electron chi connectivity index (χ0n) is 16.8. The van der Waals surface area contributed by atoms with Gasteiger partial charge in [0.2, 0.25) is 0 Å². The van der Waals surface area contributed by atoms with Gasteiger partial charge in [-0.3, -0.25) is 5.41 Å². The Morgan fingerprint density at radius 2 is 1.27 bits per heavy atom. The van der Waals surface area contributed by atoms with Crippen LogP contribution in [0.1, 0.15) is 16.7 Å². The quantitative estimate of drug-likeness (QED) is 0.452. The Balaban J connectivity index is 1.94. The summed E-state index contributed by atoms with van der Waals surface area (Å²) in [6.07, 6.45) is 8.43. The van der Waals surface area contributed by atoms with Crippen molar-refractivity contribution >= 4 is 17.0 Å². The van der Waals surface area contributed by atoms with Crippen molar-refractivity contribution < 1.29 is 0 Å². The van der Waals surface area contributed by atoms with Crippen LogP contribution in [0.2, 0.25) is 0 Å². The molecule has 0 aromatic heterocycles. The Morgan fingerprint density at radius 1 is 0.700 bits per heavy atom. The van der Waals surface area contributed by atoms with Crippen LogP contribution in [0.3, 0.4) is 0 Å². The smallest absolute Gasteiger partial charge is 0.0657 e. The second kappa shape index (κ2) is 9.15. The van der Waals surface area contributed by atoms with E-state index >= 15 is 0 Å². The van der Waals surface area contributed by atoms with E-state index in [9.17, 15) is 0 Å². The SMILES string of the molecule is N=C(C(=C(Cc1ccccc1)c1ccccc1)C1C=CC=CC1=N)c1ccccc1. The monoisotopic (exact) mass is 388 g/mol. The summed E-state index contributed by atoms with van der Waals surface area (Å²) in [5, 5.41) is 17.7. The lowest BCUT2D eigenvalue weighted by atomic mass is 9.79. The van der Waals surface area contributed by atoms with Gasteiger partial charge in [-0.2, -0.15) is 0 Å². The van der Waals surface area contributed by atoms with Crippen LogP contribution in [0, 0.1) is 16.7 Å². The normalized spacial score (nSPS) is 16.3. The summed E-state index contributed by atoms with van der Waals surface area (Å²) in [4.78, 5) is 0. The van der Waals surface area contributed by atoms with Crippen molar-refractivity contribution in [1.82, 2.24) is 0 Å². The van der Waals surface area contributed by atoms with E-state index in [1.807, 2.05) is 91.0 Å². The average molecular weight is 389 g/mol. The molecule has 1 unspecified atom stereocenters. The minimum atomic E-state index is -0.248. The summed E-state index contributed by atoms with van der Waals surface area (Å²) in [5.74, 6) is -0.248. The van der Waals surface area contributed by atoms with Crippen LogP contribution in [0.15, 0.2) is 121 Å². The van der Waals surface area contributed by atoms with Crippen LogP contribution in [-0.2, 0) is 6.42 Å². The Morgan fingerprint density at radius 3 is 1.87 bits per heavy atom. The molecule has 0 spiro atoms. The van der Waals surface area contributed by atoms with Gasteiger partial charge in [-0.1, -0.05) is 109 Å². The van der Waals surface area contributed by atoms with E-state index < -0.39 is 0 Å². The molecule has 146 valence electrons. The third-order valence-corrected chi connectivity index (χ3v) is 5.34. The molecule has 2 heteroatoms. The van der Waals surface area contributed by atoms with Gasteiger partial charge in [-0.25, -0.2) is 0 Å². The maximum atomic E-state index is 9.15. The zero-order valence-corrected chi connectivity index (χ0v) is 16.8. The molecular formula is C28H24N2. The Kier molecular flexibility index (Phi) is 5.95. The highest BCUT2D eigenvalue weighted by molar-refractivity contribution is 6.19. The van der Waals surface area contributed by atoms with E-state index in [1.165, 1.54) is 5.56 Å². The van der Waals surface area contributed by atoms with E-state index in [2.05, 4.69) is 24.3 Å². The van der Waals surface area contributed by atoms with Gasteiger partial charge in [-0.15, -0.1) is 0 Å². The van der Waals surface area contributed by atoms with Gasteiger partial charge in [0, 0.05) is 11.6 Å². The largest absolute Gasteiger partial charge is 0.304 e. The van der Waals surface area contributed by atoms with Crippen molar-refractivity contribution in [2.24, 2.45) is 5.92 Å². The van der Waals surface area contributed by atoms with Crippen molar-refractivity contribution in [3.63, 3.8) is 0 Å². The molecule has 0 radical (unpaired) electrons. The molecule has 2 nitrogen and oxygen atoms in total. The van der Waals surface area contributed by atoms with Crippen LogP contribution < -0.4 is 0 Å². The average Bonchev–Trinajstić information content (AvgIpc) is 2.81. The van der Waals surface area contributed by atoms with Crippen LogP contribution in [0.5, 0.6) is 0 Å². The summed E-state index contributed by atoms with van der Waals surface area (Å²) in [5.41, 5.74) is 6.11. The first-order valence-corrected chi connectivity index (χ1v) is 10.1. The summed E-state index contributed by atoms with van der Waals surface area (Å²) < 4.78 is 0. The molecule has 1 aliphatic carbocycles. The highest BCUT2D eigenvalue weighted by Gasteiger charge is 2.25. The minimum Gasteiger partial charge on any atom is -0.304 e. The maximum absolute atomic E-state index is 9.15. The number of allylic oxidation sites excluding steroid dienone is 6. The van der Waals surface area contributed by atoms with Crippen molar-refractivity contribution in [2.45, 2.75) is 6.42 Å². The number of rotatable bonds is 6. The standard InChI is InChI=1S/C28H24N2/c29-26-19-11-10-18-24(26)27(28(30)23-16-8-3-9-17-23)25(22-14-6-2-7-15-22)20-21-12-4-1-5-13-21/h1-19,24,29-30H,20H2. The molecule has 1 aliphatic rings. The third-order valence-electron chi connectivity index (χ3n) is 5.34. The van der Waals surface area contributed by atoms with Gasteiger partial charge in [0.15, 0.2) is 0 Å². The first-order chi connectivity index (χ1) is 14.7. The molecule has 30 heavy (non-hydrogen) atoms. The third kappa shape index (κ3) is 4.28. The molecular weight excluding hydrogens is 364 g/mol. The second-order valence-corrected chi connectivity index (χ2v) is 7.34. The summed E-state index contributed by atoms with van der Waals surface area (Å²) in [7, 11) is 0. The minimum absolute atomic E-state index is 0.248. The molecule has 0 saturated carbocycles. The fourth-order valence-corrected chi connectivity index (χ4v) is 3.84. The van der Waals surface area contributed by atoms with Crippen molar-refractivity contribution in [2.75, 3.05) is 0 Å². The molecule has 0 aliphatic heterocycles. The molecule has 4 rings (SSSR count). The van der Waals surface area contributed by atoms with Crippen LogP contribution in [0.25, 0.3) is 5.57 Å². The van der Waals surface area contributed by atoms with Gasteiger partial charge in [-0.05, 0) is 40.3 Å². The van der Waals surface area contributed by atoms with Crippen LogP contribution >= 0.6 is 0 Å². The van der Waals surface area contributed by atoms with E-state index in [1.54, 1.807) is 0 Å². The first kappa shape index (κ1) is 19.5. The topological polar surface area (TPSA) is 47.7 Å². The molecule has 0 saturated heterocycles. The molecule has 0 heterocycles. The second-order valence-electron chi connectivity index (χ2n) is 7.34. The maximum Gasteiger partial charge on any atom is 0.0657 e. The van der Waals surface area contributed by atoms with Gasteiger partial charge in [0.25, 0.3) is 0 Å². The Labute approximate surface area is 177 Å². The number of benzene rings is 3. The fraction of sp³-hybridized carbons (Fsp3) is 0.0714. The number of hydrogen-bond donors (Lipinski definition) is 2. The first-order valence-electron chi connectivity index (χ1n) is 10.1. The van der Waals surface area contributed by atoms with E-state index in [4.69, 9.17) is 10.8 Å². The summed E-state index contributed by atoms with van der Waals surface area (Å²) >= 11 is 0. The Bertz CT molecular complexity index is 1120. The highest BCUT2D eigenvalue weighted by atomic mass is 14.5. The van der Waals surface area contributed by atoms with Gasteiger partial charge in [0.05, 0.1) is 5.71 Å². The van der Waals surface area contributed by atoms with Gasteiger partial charge in [0.1, 0.15) is 0 Å². The van der Waals surface area contributed by atoms with Crippen LogP contribution in [-0.4, -0.2) is 11.4 Å². The fourth-order valence-electron chi connectivity index (χ4n) is 3.84. The molecule has 3 aromatic carbocycles. The Hall–Kier alpha value is -3.78. The number of nitrogens with one attached hydrogen (secondary N) is 2. The zero-order chi connectivity index (χ0) is 20.8. The van der Waals surface area contributed by atoms with Gasteiger partial charge >= 0.3 is 0 Å². The van der Waals surface area contributed by atoms with Crippen molar-refractivity contribution in [3.05, 3.63) is 138 Å². The molecule has 3 aromatic rings. The number of hydrogen-bond acceptors (Lipinski definition) is 2. The summed E-state index contributed by atoms with van der Waals surface area (Å²) in [6.45, 7) is 0. The predicted octanol–water partition coefficient (Wildman–Crippen LogP) is 6.51. The van der Waals surface area contributed by atoms with E-state index in [-0.39, 0.29) is 5.92 Å².